The minimum Gasteiger partial charge on any atom is -0.373 e. The first kappa shape index (κ1) is 23.1. The topological polar surface area (TPSA) is 20.2 Å². The molecule has 160 valence electrons. The summed E-state index contributed by atoms with van der Waals surface area (Å²) >= 11 is 9.60. The highest BCUT2D eigenvalue weighted by molar-refractivity contribution is 6.35. The second-order valence-corrected chi connectivity index (χ2v) is 6.28. The average Bonchev–Trinajstić information content (AvgIpc) is 2.56. The Bertz CT molecular complexity index is 791. The van der Waals surface area contributed by atoms with Gasteiger partial charge in [-0.3, -0.25) is 0 Å². The highest BCUT2D eigenvalue weighted by atomic mass is 35.5. The molecule has 0 radical (unpaired) electrons. The number of rotatable bonds is 1. The van der Waals surface area contributed by atoms with Crippen molar-refractivity contribution in [2.75, 3.05) is 0 Å². The summed E-state index contributed by atoms with van der Waals surface area (Å²) in [6, 6.07) is 0. The van der Waals surface area contributed by atoms with Gasteiger partial charge in [0.2, 0.25) is 5.60 Å². The van der Waals surface area contributed by atoms with Crippen molar-refractivity contribution in [3.8, 4) is 0 Å². The van der Waals surface area contributed by atoms with E-state index in [1.54, 1.807) is 0 Å². The molecule has 0 bridgehead atoms. The first-order chi connectivity index (χ1) is 12.2. The molecule has 1 aromatic carbocycles. The zero-order valence-corrected chi connectivity index (χ0v) is 13.6. The Morgan fingerprint density at radius 2 is 0.750 bits per heavy atom. The van der Waals surface area contributed by atoms with Gasteiger partial charge in [-0.1, -0.05) is 23.2 Å². The van der Waals surface area contributed by atoms with Crippen LogP contribution in [0.1, 0.15) is 5.56 Å². The molecule has 2 rings (SSSR count). The van der Waals surface area contributed by atoms with E-state index in [4.69, 9.17) is 23.2 Å². The average molecular weight is 479 g/mol. The number of halogens is 15. The minimum absolute atomic E-state index is 2.26. The Hall–Kier alpha value is -1.15. The van der Waals surface area contributed by atoms with Crippen molar-refractivity contribution in [3.05, 3.63) is 33.1 Å². The summed E-state index contributed by atoms with van der Waals surface area (Å²) in [5.74, 6) is -46.0. The standard InChI is InChI=1S/C12HCl2F13O/c13-2-4(15)1(5(16)3(14)6(2)17)7(28)8(18,19)10(22,23)12(26,27)11(24,25)9(7,20)21/h28H. The van der Waals surface area contributed by atoms with Gasteiger partial charge in [-0.15, -0.1) is 0 Å². The fourth-order valence-corrected chi connectivity index (χ4v) is 2.91. The Labute approximate surface area is 154 Å². The third-order valence-corrected chi connectivity index (χ3v) is 4.72. The Morgan fingerprint density at radius 3 is 1.04 bits per heavy atom. The molecule has 0 heterocycles. The van der Waals surface area contributed by atoms with Gasteiger partial charge in [0.25, 0.3) is 0 Å². The van der Waals surface area contributed by atoms with Gasteiger partial charge in [-0.05, 0) is 0 Å². The van der Waals surface area contributed by atoms with E-state index in [9.17, 15) is 62.2 Å². The third kappa shape index (κ3) is 2.06. The summed E-state index contributed by atoms with van der Waals surface area (Å²) in [6.45, 7) is 0. The van der Waals surface area contributed by atoms with E-state index < -0.39 is 68.3 Å². The molecule has 0 aliphatic heterocycles. The van der Waals surface area contributed by atoms with Crippen LogP contribution in [-0.2, 0) is 5.60 Å². The second kappa shape index (κ2) is 5.72. The number of alkyl halides is 10. The molecule has 1 saturated carbocycles. The molecule has 16 heteroatoms. The van der Waals surface area contributed by atoms with E-state index in [1.165, 1.54) is 0 Å². The van der Waals surface area contributed by atoms with Crippen LogP contribution in [0.15, 0.2) is 0 Å². The molecule has 1 nitrogen and oxygen atoms in total. The van der Waals surface area contributed by atoms with Gasteiger partial charge in [-0.25, -0.2) is 13.2 Å². The first-order valence-electron chi connectivity index (χ1n) is 6.31. The molecule has 0 unspecified atom stereocenters. The van der Waals surface area contributed by atoms with Crippen LogP contribution in [0.25, 0.3) is 0 Å². The summed E-state index contributed by atoms with van der Waals surface area (Å²) in [6.07, 6.45) is 0. The van der Waals surface area contributed by atoms with Crippen molar-refractivity contribution in [1.82, 2.24) is 0 Å². The lowest BCUT2D eigenvalue weighted by molar-refractivity contribution is -0.501. The Balaban J connectivity index is 3.14. The smallest absolute Gasteiger partial charge is 0.373 e. The van der Waals surface area contributed by atoms with Crippen LogP contribution in [0.2, 0.25) is 10.0 Å². The minimum atomic E-state index is -7.51. The van der Waals surface area contributed by atoms with Crippen LogP contribution < -0.4 is 0 Å². The Morgan fingerprint density at radius 1 is 0.500 bits per heavy atom. The van der Waals surface area contributed by atoms with Crippen molar-refractivity contribution in [1.29, 1.82) is 0 Å². The van der Waals surface area contributed by atoms with E-state index in [2.05, 4.69) is 0 Å². The van der Waals surface area contributed by atoms with Gasteiger partial charge < -0.3 is 5.11 Å². The van der Waals surface area contributed by atoms with Crippen molar-refractivity contribution in [2.45, 2.75) is 35.2 Å². The molecule has 28 heavy (non-hydrogen) atoms. The van der Waals surface area contributed by atoms with Gasteiger partial charge in [0, 0.05) is 0 Å². The molecule has 0 amide bonds. The fourth-order valence-electron chi connectivity index (χ4n) is 2.48. The van der Waals surface area contributed by atoms with Crippen molar-refractivity contribution < 1.29 is 62.2 Å². The lowest BCUT2D eigenvalue weighted by atomic mass is 9.67. The van der Waals surface area contributed by atoms with Gasteiger partial charge in [-0.2, -0.15) is 43.9 Å². The fraction of sp³-hybridized carbons (Fsp3) is 0.500. The predicted octanol–water partition coefficient (Wildman–Crippen LogP) is 5.79. The summed E-state index contributed by atoms with van der Waals surface area (Å²) in [5, 5.41) is 4.97. The number of benzene rings is 1. The van der Waals surface area contributed by atoms with Crippen LogP contribution >= 0.6 is 23.2 Å². The van der Waals surface area contributed by atoms with Gasteiger partial charge in [0.1, 0.15) is 10.0 Å². The van der Waals surface area contributed by atoms with Gasteiger partial charge >= 0.3 is 29.6 Å². The van der Waals surface area contributed by atoms with Gasteiger partial charge in [0.05, 0.1) is 5.56 Å². The predicted molar refractivity (Wildman–Crippen MR) is 65.0 cm³/mol. The summed E-state index contributed by atoms with van der Waals surface area (Å²) < 4.78 is 177. The largest absolute Gasteiger partial charge is 0.384 e. The quantitative estimate of drug-likeness (QED) is 0.308. The molecule has 1 N–H and O–H groups in total. The molecular formula is C12HCl2F13O. The first-order valence-corrected chi connectivity index (χ1v) is 7.06. The second-order valence-electron chi connectivity index (χ2n) is 5.53. The SMILES string of the molecule is OC1(c2c(F)c(Cl)c(F)c(Cl)c2F)C(F)(F)C(F)(F)C(F)(F)C(F)(F)C1(F)F. The highest BCUT2D eigenvalue weighted by Crippen LogP contribution is 2.71. The van der Waals surface area contributed by atoms with E-state index in [-0.39, 0.29) is 0 Å². The van der Waals surface area contributed by atoms with E-state index in [0.29, 0.717) is 0 Å². The monoisotopic (exact) mass is 478 g/mol. The normalized spacial score (nSPS) is 26.1. The van der Waals surface area contributed by atoms with Crippen molar-refractivity contribution in [3.63, 3.8) is 0 Å². The van der Waals surface area contributed by atoms with Crippen LogP contribution in [0.3, 0.4) is 0 Å². The van der Waals surface area contributed by atoms with Crippen molar-refractivity contribution in [2.24, 2.45) is 0 Å². The molecule has 0 aromatic heterocycles. The van der Waals surface area contributed by atoms with Crippen LogP contribution in [0, 0.1) is 17.5 Å². The maximum atomic E-state index is 14.0. The van der Waals surface area contributed by atoms with Crippen molar-refractivity contribution >= 4 is 23.2 Å². The van der Waals surface area contributed by atoms with Crippen LogP contribution in [-0.4, -0.2) is 34.7 Å². The molecule has 1 aliphatic rings. The number of hydrogen-bond donors (Lipinski definition) is 1. The highest BCUT2D eigenvalue weighted by Gasteiger charge is 3.01. The maximum Gasteiger partial charge on any atom is 0.384 e. The van der Waals surface area contributed by atoms with Gasteiger partial charge in [0.15, 0.2) is 17.5 Å². The van der Waals surface area contributed by atoms with E-state index in [0.717, 1.165) is 0 Å². The molecule has 1 fully saturated rings. The van der Waals surface area contributed by atoms with E-state index >= 15 is 0 Å². The molecule has 1 aromatic rings. The van der Waals surface area contributed by atoms with Crippen LogP contribution in [0.4, 0.5) is 57.1 Å². The zero-order valence-electron chi connectivity index (χ0n) is 12.1. The molecule has 0 saturated heterocycles. The number of aliphatic hydroxyl groups is 1. The van der Waals surface area contributed by atoms with E-state index in [1.807, 2.05) is 0 Å². The molecule has 1 aliphatic carbocycles. The van der Waals surface area contributed by atoms with Crippen LogP contribution in [0.5, 0.6) is 0 Å². The molecule has 0 spiro atoms. The Kier molecular flexibility index (Phi) is 4.72. The lowest BCUT2D eigenvalue weighted by Gasteiger charge is -2.53. The maximum absolute atomic E-state index is 14.0. The number of hydrogen-bond acceptors (Lipinski definition) is 1. The summed E-state index contributed by atoms with van der Waals surface area (Å²) in [5.41, 5.74) is -10.2. The summed E-state index contributed by atoms with van der Waals surface area (Å²) in [4.78, 5) is 0. The molecular weight excluding hydrogens is 478 g/mol. The molecule has 0 atom stereocenters. The third-order valence-electron chi connectivity index (χ3n) is 4.06. The summed E-state index contributed by atoms with van der Waals surface area (Å²) in [7, 11) is 0. The zero-order chi connectivity index (χ0) is 22.5. The lowest BCUT2D eigenvalue weighted by Crippen LogP contribution is -2.83.